The highest BCUT2D eigenvalue weighted by Gasteiger charge is 2.16. The average Bonchev–Trinajstić information content (AvgIpc) is 2.95. The Balaban J connectivity index is 1.73. The third kappa shape index (κ3) is 3.40. The molecule has 5 nitrogen and oxygen atoms in total. The molecule has 2 heterocycles. The zero-order chi connectivity index (χ0) is 16.2. The van der Waals surface area contributed by atoms with Gasteiger partial charge in [0, 0.05) is 11.8 Å². The van der Waals surface area contributed by atoms with Crippen LogP contribution in [0.1, 0.15) is 21.8 Å². The van der Waals surface area contributed by atoms with E-state index in [9.17, 15) is 4.79 Å². The van der Waals surface area contributed by atoms with Crippen LogP contribution < -0.4 is 0 Å². The molecular formula is C17H13ClN2O3. The molecular weight excluding hydrogens is 316 g/mol. The van der Waals surface area contributed by atoms with E-state index in [0.717, 1.165) is 5.56 Å². The van der Waals surface area contributed by atoms with Crippen molar-refractivity contribution in [1.82, 2.24) is 9.97 Å². The van der Waals surface area contributed by atoms with Crippen molar-refractivity contribution in [3.8, 4) is 11.5 Å². The van der Waals surface area contributed by atoms with Crippen LogP contribution in [0.3, 0.4) is 0 Å². The van der Waals surface area contributed by atoms with E-state index >= 15 is 0 Å². The number of aryl methyl sites for hydroxylation is 1. The standard InChI is InChI=1S/C17H13ClN2O3/c1-11-14(20-16(23-11)12-6-3-2-4-7-12)10-22-17(21)13-8-5-9-19-15(13)18/h2-9H,10H2,1H3. The second-order valence-electron chi connectivity index (χ2n) is 4.81. The number of hydrogen-bond acceptors (Lipinski definition) is 5. The fourth-order valence-electron chi connectivity index (χ4n) is 2.02. The monoisotopic (exact) mass is 328 g/mol. The summed E-state index contributed by atoms with van der Waals surface area (Å²) < 4.78 is 10.9. The lowest BCUT2D eigenvalue weighted by Gasteiger charge is -2.03. The number of rotatable bonds is 4. The van der Waals surface area contributed by atoms with Gasteiger partial charge in [0.1, 0.15) is 23.2 Å². The number of pyridine rings is 1. The van der Waals surface area contributed by atoms with Crippen molar-refractivity contribution >= 4 is 17.6 Å². The van der Waals surface area contributed by atoms with E-state index in [1.165, 1.54) is 6.20 Å². The Morgan fingerprint density at radius 2 is 2.00 bits per heavy atom. The van der Waals surface area contributed by atoms with Gasteiger partial charge in [-0.15, -0.1) is 0 Å². The van der Waals surface area contributed by atoms with Crippen molar-refractivity contribution in [2.24, 2.45) is 0 Å². The highest BCUT2D eigenvalue weighted by molar-refractivity contribution is 6.32. The molecule has 0 aliphatic carbocycles. The molecule has 1 aromatic carbocycles. The van der Waals surface area contributed by atoms with Gasteiger partial charge < -0.3 is 9.15 Å². The lowest BCUT2D eigenvalue weighted by Crippen LogP contribution is -2.07. The van der Waals surface area contributed by atoms with E-state index in [1.807, 2.05) is 30.3 Å². The summed E-state index contributed by atoms with van der Waals surface area (Å²) in [4.78, 5) is 20.2. The third-order valence-corrected chi connectivity index (χ3v) is 3.53. The van der Waals surface area contributed by atoms with Gasteiger partial charge >= 0.3 is 5.97 Å². The van der Waals surface area contributed by atoms with Crippen LogP contribution in [0.4, 0.5) is 0 Å². The number of hydrogen-bond donors (Lipinski definition) is 0. The first-order valence-corrected chi connectivity index (χ1v) is 7.32. The van der Waals surface area contributed by atoms with Gasteiger partial charge in [-0.1, -0.05) is 29.8 Å². The molecule has 0 unspecified atom stereocenters. The maximum Gasteiger partial charge on any atom is 0.341 e. The molecule has 0 spiro atoms. The highest BCUT2D eigenvalue weighted by Crippen LogP contribution is 2.22. The van der Waals surface area contributed by atoms with Gasteiger partial charge in [0.15, 0.2) is 0 Å². The molecule has 0 atom stereocenters. The van der Waals surface area contributed by atoms with Gasteiger partial charge in [-0.2, -0.15) is 0 Å². The smallest absolute Gasteiger partial charge is 0.341 e. The van der Waals surface area contributed by atoms with E-state index in [2.05, 4.69) is 9.97 Å². The Hall–Kier alpha value is -2.66. The molecule has 3 aromatic rings. The molecule has 0 fully saturated rings. The fourth-order valence-corrected chi connectivity index (χ4v) is 2.21. The molecule has 6 heteroatoms. The van der Waals surface area contributed by atoms with E-state index in [4.69, 9.17) is 20.8 Å². The largest absolute Gasteiger partial charge is 0.455 e. The lowest BCUT2D eigenvalue weighted by molar-refractivity contribution is 0.0466. The second kappa shape index (κ2) is 6.62. The summed E-state index contributed by atoms with van der Waals surface area (Å²) in [5.41, 5.74) is 1.65. The molecule has 0 aliphatic rings. The Kier molecular flexibility index (Phi) is 4.39. The summed E-state index contributed by atoms with van der Waals surface area (Å²) in [5, 5.41) is 0.111. The van der Waals surface area contributed by atoms with Crippen LogP contribution in [-0.2, 0) is 11.3 Å². The minimum Gasteiger partial charge on any atom is -0.455 e. The quantitative estimate of drug-likeness (QED) is 0.534. The van der Waals surface area contributed by atoms with E-state index in [0.29, 0.717) is 17.3 Å². The zero-order valence-electron chi connectivity index (χ0n) is 12.3. The van der Waals surface area contributed by atoms with Gasteiger partial charge in [0.05, 0.1) is 5.56 Å². The van der Waals surface area contributed by atoms with Crippen LogP contribution in [0.15, 0.2) is 53.1 Å². The Bertz CT molecular complexity index is 831. The van der Waals surface area contributed by atoms with Gasteiger partial charge in [0.25, 0.3) is 0 Å². The normalized spacial score (nSPS) is 10.5. The molecule has 116 valence electrons. The van der Waals surface area contributed by atoms with Crippen molar-refractivity contribution in [1.29, 1.82) is 0 Å². The fraction of sp³-hybridized carbons (Fsp3) is 0.118. The number of oxazole rings is 1. The summed E-state index contributed by atoms with van der Waals surface area (Å²) in [6.07, 6.45) is 1.51. The van der Waals surface area contributed by atoms with Crippen LogP contribution >= 0.6 is 11.6 Å². The van der Waals surface area contributed by atoms with Crippen LogP contribution in [0, 0.1) is 6.92 Å². The highest BCUT2D eigenvalue weighted by atomic mass is 35.5. The number of ether oxygens (including phenoxy) is 1. The molecule has 0 bridgehead atoms. The molecule has 0 saturated heterocycles. The first-order valence-electron chi connectivity index (χ1n) is 6.94. The lowest BCUT2D eigenvalue weighted by atomic mass is 10.2. The SMILES string of the molecule is Cc1oc(-c2ccccc2)nc1COC(=O)c1cccnc1Cl. The number of carbonyl (C=O) groups is 1. The summed E-state index contributed by atoms with van der Waals surface area (Å²) in [6.45, 7) is 1.78. The van der Waals surface area contributed by atoms with Crippen LogP contribution in [0.25, 0.3) is 11.5 Å². The Morgan fingerprint density at radius 1 is 1.22 bits per heavy atom. The summed E-state index contributed by atoms with van der Waals surface area (Å²) in [7, 11) is 0. The zero-order valence-corrected chi connectivity index (χ0v) is 13.1. The van der Waals surface area contributed by atoms with Gasteiger partial charge in [-0.05, 0) is 31.2 Å². The number of benzene rings is 1. The molecule has 0 aliphatic heterocycles. The minimum absolute atomic E-state index is 0.00617. The summed E-state index contributed by atoms with van der Waals surface area (Å²) in [5.74, 6) is 0.550. The van der Waals surface area contributed by atoms with Crippen molar-refractivity contribution in [3.05, 3.63) is 70.8 Å². The van der Waals surface area contributed by atoms with Gasteiger partial charge in [-0.3, -0.25) is 0 Å². The van der Waals surface area contributed by atoms with Crippen LogP contribution in [0.5, 0.6) is 0 Å². The predicted molar refractivity (Wildman–Crippen MR) is 85.0 cm³/mol. The molecule has 0 amide bonds. The number of esters is 1. The number of nitrogens with zero attached hydrogens (tertiary/aromatic N) is 2. The topological polar surface area (TPSA) is 65.2 Å². The number of aromatic nitrogens is 2. The van der Waals surface area contributed by atoms with Crippen LogP contribution in [0.2, 0.25) is 5.15 Å². The Morgan fingerprint density at radius 3 is 2.74 bits per heavy atom. The predicted octanol–water partition coefficient (Wildman–Crippen LogP) is 4.06. The van der Waals surface area contributed by atoms with Crippen molar-refractivity contribution in [2.75, 3.05) is 0 Å². The molecule has 23 heavy (non-hydrogen) atoms. The molecule has 0 N–H and O–H groups in total. The minimum atomic E-state index is -0.549. The second-order valence-corrected chi connectivity index (χ2v) is 5.16. The van der Waals surface area contributed by atoms with Gasteiger partial charge in [0.2, 0.25) is 5.89 Å². The molecule has 0 saturated carbocycles. The van der Waals surface area contributed by atoms with E-state index in [-0.39, 0.29) is 17.3 Å². The van der Waals surface area contributed by atoms with Crippen molar-refractivity contribution < 1.29 is 13.9 Å². The first kappa shape index (κ1) is 15.2. The van der Waals surface area contributed by atoms with E-state index < -0.39 is 5.97 Å². The summed E-state index contributed by atoms with van der Waals surface area (Å²) in [6, 6.07) is 12.7. The molecule has 2 aromatic heterocycles. The van der Waals surface area contributed by atoms with Crippen molar-refractivity contribution in [3.63, 3.8) is 0 Å². The number of halogens is 1. The summed E-state index contributed by atoms with van der Waals surface area (Å²) >= 11 is 5.87. The van der Waals surface area contributed by atoms with Crippen LogP contribution in [-0.4, -0.2) is 15.9 Å². The Labute approximate surface area is 137 Å². The molecule has 0 radical (unpaired) electrons. The maximum atomic E-state index is 12.0. The average molecular weight is 329 g/mol. The van der Waals surface area contributed by atoms with Gasteiger partial charge in [-0.25, -0.2) is 14.8 Å². The maximum absolute atomic E-state index is 12.0. The number of carbonyl (C=O) groups excluding carboxylic acids is 1. The van der Waals surface area contributed by atoms with Crippen molar-refractivity contribution in [2.45, 2.75) is 13.5 Å². The molecule has 3 rings (SSSR count). The van der Waals surface area contributed by atoms with E-state index in [1.54, 1.807) is 19.1 Å². The first-order chi connectivity index (χ1) is 11.1. The third-order valence-electron chi connectivity index (χ3n) is 3.23.